The maximum Gasteiger partial charge on any atom is 0.436 e. The number of hydrogen-bond donors (Lipinski definition) is 2. The predicted molar refractivity (Wildman–Crippen MR) is 94.3 cm³/mol. The number of nitrogens with one attached hydrogen (secondary N) is 2. The third-order valence-corrected chi connectivity index (χ3v) is 4.78. The molecule has 2 rings (SSSR count). The van der Waals surface area contributed by atoms with Crippen molar-refractivity contribution in [1.29, 1.82) is 0 Å². The van der Waals surface area contributed by atoms with E-state index in [9.17, 15) is 22.8 Å². The van der Waals surface area contributed by atoms with Crippen LogP contribution < -0.4 is 10.6 Å². The van der Waals surface area contributed by atoms with Gasteiger partial charge in [-0.05, 0) is 31.9 Å². The van der Waals surface area contributed by atoms with Crippen LogP contribution in [0.4, 0.5) is 13.2 Å². The first-order valence-electron chi connectivity index (χ1n) is 8.80. The molecule has 0 spiro atoms. The lowest BCUT2D eigenvalue weighted by Gasteiger charge is -2.38. The lowest BCUT2D eigenvalue weighted by atomic mass is 9.93. The number of esters is 1. The summed E-state index contributed by atoms with van der Waals surface area (Å²) in [6.45, 7) is 1.14. The maximum atomic E-state index is 14.1. The van der Waals surface area contributed by atoms with Gasteiger partial charge in [-0.25, -0.2) is 4.79 Å². The van der Waals surface area contributed by atoms with Gasteiger partial charge in [-0.1, -0.05) is 43.0 Å². The maximum absolute atomic E-state index is 14.1. The zero-order valence-corrected chi connectivity index (χ0v) is 15.6. The molecule has 2 N–H and O–H groups in total. The first kappa shape index (κ1) is 21.5. The number of amides is 1. The van der Waals surface area contributed by atoms with Gasteiger partial charge in [-0.3, -0.25) is 10.1 Å². The van der Waals surface area contributed by atoms with Crippen molar-refractivity contribution in [3.05, 3.63) is 34.9 Å². The molecular weight excluding hydrogens is 385 g/mol. The molecule has 1 aliphatic carbocycles. The third kappa shape index (κ3) is 4.93. The Hall–Kier alpha value is -1.80. The quantitative estimate of drug-likeness (QED) is 0.557. The Morgan fingerprint density at radius 1 is 1.19 bits per heavy atom. The summed E-state index contributed by atoms with van der Waals surface area (Å²) in [5, 5.41) is 4.14. The molecule has 1 aliphatic rings. The second-order valence-corrected chi connectivity index (χ2v) is 6.79. The van der Waals surface area contributed by atoms with Crippen LogP contribution in [0, 0.1) is 0 Å². The van der Waals surface area contributed by atoms with Gasteiger partial charge in [-0.15, -0.1) is 0 Å². The number of halogens is 4. The summed E-state index contributed by atoms with van der Waals surface area (Å²) < 4.78 is 46.9. The molecule has 0 aromatic heterocycles. The van der Waals surface area contributed by atoms with Crippen molar-refractivity contribution in [1.82, 2.24) is 10.6 Å². The SMILES string of the molecule is CCOC(=O)[C@@](NC(=O)c1ccccc1Cl)(NC1CCCCC1)C(F)(F)F. The number of ether oxygens (including phenoxy) is 1. The fraction of sp³-hybridized carbons (Fsp3) is 0.556. The molecule has 1 atom stereocenters. The monoisotopic (exact) mass is 406 g/mol. The molecule has 1 saturated carbocycles. The van der Waals surface area contributed by atoms with Crippen LogP contribution in [-0.4, -0.2) is 36.4 Å². The molecular formula is C18H22ClF3N2O3. The molecule has 150 valence electrons. The Morgan fingerprint density at radius 2 is 1.81 bits per heavy atom. The van der Waals surface area contributed by atoms with E-state index in [1.54, 1.807) is 6.07 Å². The van der Waals surface area contributed by atoms with E-state index in [1.165, 1.54) is 25.1 Å². The van der Waals surface area contributed by atoms with Gasteiger partial charge in [0.05, 0.1) is 17.2 Å². The summed E-state index contributed by atoms with van der Waals surface area (Å²) in [7, 11) is 0. The Labute approximate surface area is 160 Å². The smallest absolute Gasteiger partial charge is 0.436 e. The third-order valence-electron chi connectivity index (χ3n) is 4.45. The van der Waals surface area contributed by atoms with Crippen molar-refractivity contribution in [2.24, 2.45) is 0 Å². The zero-order chi connectivity index (χ0) is 20.1. The van der Waals surface area contributed by atoms with Crippen molar-refractivity contribution in [3.8, 4) is 0 Å². The molecule has 0 aliphatic heterocycles. The van der Waals surface area contributed by atoms with Crippen LogP contribution >= 0.6 is 11.6 Å². The highest BCUT2D eigenvalue weighted by atomic mass is 35.5. The highest BCUT2D eigenvalue weighted by Gasteiger charge is 2.64. The molecule has 1 aromatic rings. The predicted octanol–water partition coefficient (Wildman–Crippen LogP) is 3.81. The van der Waals surface area contributed by atoms with Gasteiger partial charge in [0.1, 0.15) is 0 Å². The van der Waals surface area contributed by atoms with Gasteiger partial charge < -0.3 is 10.1 Å². The van der Waals surface area contributed by atoms with E-state index in [-0.39, 0.29) is 17.2 Å². The van der Waals surface area contributed by atoms with Crippen molar-refractivity contribution >= 4 is 23.5 Å². The molecule has 1 fully saturated rings. The highest BCUT2D eigenvalue weighted by molar-refractivity contribution is 6.33. The van der Waals surface area contributed by atoms with Gasteiger partial charge >= 0.3 is 12.1 Å². The average Bonchev–Trinajstić information content (AvgIpc) is 2.61. The number of alkyl halides is 3. The van der Waals surface area contributed by atoms with Gasteiger partial charge in [0, 0.05) is 6.04 Å². The molecule has 0 unspecified atom stereocenters. The number of hydrogen-bond acceptors (Lipinski definition) is 4. The summed E-state index contributed by atoms with van der Waals surface area (Å²) in [6, 6.07) is 5.10. The summed E-state index contributed by atoms with van der Waals surface area (Å²) in [4.78, 5) is 24.9. The minimum Gasteiger partial charge on any atom is -0.463 e. The van der Waals surface area contributed by atoms with Crippen LogP contribution in [0.5, 0.6) is 0 Å². The summed E-state index contributed by atoms with van der Waals surface area (Å²) in [5.74, 6) is -2.71. The second-order valence-electron chi connectivity index (χ2n) is 6.38. The van der Waals surface area contributed by atoms with Gasteiger partial charge in [-0.2, -0.15) is 13.2 Å². The van der Waals surface area contributed by atoms with Crippen molar-refractivity contribution < 1.29 is 27.5 Å². The van der Waals surface area contributed by atoms with Crippen LogP contribution in [0.15, 0.2) is 24.3 Å². The Kier molecular flexibility index (Phi) is 7.11. The largest absolute Gasteiger partial charge is 0.463 e. The molecule has 9 heteroatoms. The number of benzene rings is 1. The summed E-state index contributed by atoms with van der Waals surface area (Å²) >= 11 is 5.92. The lowest BCUT2D eigenvalue weighted by molar-refractivity contribution is -0.220. The molecule has 1 aromatic carbocycles. The number of carbonyl (C=O) groups is 2. The van der Waals surface area contributed by atoms with Crippen molar-refractivity contribution in [2.75, 3.05) is 6.61 Å². The average molecular weight is 407 g/mol. The Morgan fingerprint density at radius 3 is 2.37 bits per heavy atom. The van der Waals surface area contributed by atoms with Crippen LogP contribution in [-0.2, 0) is 9.53 Å². The molecule has 0 heterocycles. The van der Waals surface area contributed by atoms with Crippen LogP contribution in [0.3, 0.4) is 0 Å². The van der Waals surface area contributed by atoms with Gasteiger partial charge in [0.2, 0.25) is 0 Å². The van der Waals surface area contributed by atoms with Crippen molar-refractivity contribution in [3.63, 3.8) is 0 Å². The van der Waals surface area contributed by atoms with Crippen LogP contribution in [0.1, 0.15) is 49.4 Å². The van der Waals surface area contributed by atoms with Crippen LogP contribution in [0.25, 0.3) is 0 Å². The van der Waals surface area contributed by atoms with Gasteiger partial charge in [0.15, 0.2) is 0 Å². The van der Waals surface area contributed by atoms with Crippen molar-refractivity contribution in [2.45, 2.75) is 56.9 Å². The molecule has 1 amide bonds. The minimum atomic E-state index is -5.12. The second kappa shape index (κ2) is 8.93. The standard InChI is InChI=1S/C18H22ClF3N2O3/c1-2-27-16(26)17(18(20,21)22,23-12-8-4-3-5-9-12)24-15(25)13-10-6-7-11-14(13)19/h6-7,10-12,23H,2-5,8-9H2,1H3,(H,24,25)/t17-/m0/s1. The molecule has 0 radical (unpaired) electrons. The van der Waals surface area contributed by atoms with Gasteiger partial charge in [0.25, 0.3) is 11.6 Å². The summed E-state index contributed by atoms with van der Waals surface area (Å²) in [6.07, 6.45) is -1.77. The van der Waals surface area contributed by atoms with E-state index in [2.05, 4.69) is 10.1 Å². The van der Waals surface area contributed by atoms with Crippen LogP contribution in [0.2, 0.25) is 5.02 Å². The van der Waals surface area contributed by atoms with E-state index < -0.39 is 29.8 Å². The van der Waals surface area contributed by atoms with E-state index in [0.717, 1.165) is 19.3 Å². The molecule has 0 saturated heterocycles. The number of rotatable bonds is 6. The summed E-state index contributed by atoms with van der Waals surface area (Å²) in [5.41, 5.74) is -3.51. The van der Waals surface area contributed by atoms with E-state index in [1.807, 2.05) is 5.32 Å². The fourth-order valence-electron chi connectivity index (χ4n) is 3.09. The normalized spacial score (nSPS) is 17.8. The Bertz CT molecular complexity index is 678. The fourth-order valence-corrected chi connectivity index (χ4v) is 3.31. The molecule has 5 nitrogen and oxygen atoms in total. The molecule has 0 bridgehead atoms. The number of carbonyl (C=O) groups excluding carboxylic acids is 2. The highest BCUT2D eigenvalue weighted by Crippen LogP contribution is 2.33. The topological polar surface area (TPSA) is 67.4 Å². The van der Waals surface area contributed by atoms with E-state index in [4.69, 9.17) is 11.6 Å². The lowest BCUT2D eigenvalue weighted by Crippen LogP contribution is -2.74. The molecule has 27 heavy (non-hydrogen) atoms. The first-order valence-corrected chi connectivity index (χ1v) is 9.17. The minimum absolute atomic E-state index is 0.0207. The van der Waals surface area contributed by atoms with E-state index in [0.29, 0.717) is 12.8 Å². The first-order chi connectivity index (χ1) is 12.7. The van der Waals surface area contributed by atoms with E-state index >= 15 is 0 Å². The zero-order valence-electron chi connectivity index (χ0n) is 14.9. The Balaban J connectivity index is 2.41.